The first-order chi connectivity index (χ1) is 14.8. The lowest BCUT2D eigenvalue weighted by molar-refractivity contribution is -0.511. The lowest BCUT2D eigenvalue weighted by Gasteiger charge is -2.11. The third kappa shape index (κ3) is 4.20. The monoisotopic (exact) mass is 425 g/mol. The molecule has 0 aromatic heterocycles. The van der Waals surface area contributed by atoms with E-state index in [0.717, 1.165) is 0 Å². The van der Waals surface area contributed by atoms with Crippen molar-refractivity contribution in [1.29, 1.82) is 5.26 Å². The Balaban J connectivity index is 1.93. The SMILES string of the molecule is COc1cccc(-c2ccc(NC(=O)C3=C(C(=O)O)C([N+](=O)[O-])CC3C#N)c(F)c2)c1. The predicted octanol–water partition coefficient (Wildman–Crippen LogP) is 3.01. The molecule has 0 aliphatic heterocycles. The average Bonchev–Trinajstić information content (AvgIpc) is 3.15. The topological polar surface area (TPSA) is 143 Å². The second-order valence-electron chi connectivity index (χ2n) is 6.73. The second kappa shape index (κ2) is 8.62. The molecule has 0 saturated heterocycles. The minimum Gasteiger partial charge on any atom is -0.497 e. The third-order valence-corrected chi connectivity index (χ3v) is 4.94. The van der Waals surface area contributed by atoms with Crippen LogP contribution in [0.2, 0.25) is 0 Å². The number of anilines is 1. The largest absolute Gasteiger partial charge is 0.497 e. The summed E-state index contributed by atoms with van der Waals surface area (Å²) in [4.78, 5) is 34.5. The number of nitrogens with one attached hydrogen (secondary N) is 1. The number of amides is 1. The van der Waals surface area contributed by atoms with Crippen LogP contribution in [0.3, 0.4) is 0 Å². The second-order valence-corrected chi connectivity index (χ2v) is 6.73. The molecule has 158 valence electrons. The zero-order valence-electron chi connectivity index (χ0n) is 16.2. The number of rotatable bonds is 6. The molecule has 1 amide bonds. The molecule has 1 aliphatic carbocycles. The molecule has 0 saturated carbocycles. The molecular formula is C21H16FN3O6. The van der Waals surface area contributed by atoms with Gasteiger partial charge in [-0.15, -0.1) is 0 Å². The summed E-state index contributed by atoms with van der Waals surface area (Å²) in [6, 6.07) is 10.9. The van der Waals surface area contributed by atoms with E-state index in [9.17, 15) is 34.5 Å². The normalized spacial score (nSPS) is 17.7. The predicted molar refractivity (Wildman–Crippen MR) is 106 cm³/mol. The van der Waals surface area contributed by atoms with Crippen molar-refractivity contribution >= 4 is 17.6 Å². The Bertz CT molecular complexity index is 1150. The lowest BCUT2D eigenvalue weighted by atomic mass is 10.0. The van der Waals surface area contributed by atoms with Crippen molar-refractivity contribution in [3.05, 3.63) is 69.5 Å². The number of nitro groups is 1. The fourth-order valence-electron chi connectivity index (χ4n) is 3.46. The molecule has 9 nitrogen and oxygen atoms in total. The maximum Gasteiger partial charge on any atom is 0.339 e. The van der Waals surface area contributed by atoms with Crippen LogP contribution in [0.1, 0.15) is 6.42 Å². The number of hydrogen-bond donors (Lipinski definition) is 2. The number of carboxylic acid groups (broad SMARTS) is 1. The van der Waals surface area contributed by atoms with Crippen LogP contribution in [0.5, 0.6) is 5.75 Å². The quantitative estimate of drug-likeness (QED) is 0.535. The number of carbonyl (C=O) groups excluding carboxylic acids is 1. The highest BCUT2D eigenvalue weighted by atomic mass is 19.1. The van der Waals surface area contributed by atoms with Gasteiger partial charge in [0.2, 0.25) is 6.04 Å². The number of methoxy groups -OCH3 is 1. The standard InChI is InChI=1S/C21H16FN3O6/c1-31-14-4-2-3-11(7-14)12-5-6-16(15(22)8-12)24-20(26)18-13(10-23)9-17(25(29)30)19(18)21(27)28/h2-8,13,17H,9H2,1H3,(H,24,26)(H,27,28). The van der Waals surface area contributed by atoms with Crippen molar-refractivity contribution in [2.45, 2.75) is 12.5 Å². The smallest absolute Gasteiger partial charge is 0.339 e. The molecule has 2 aromatic carbocycles. The van der Waals surface area contributed by atoms with Gasteiger partial charge in [-0.1, -0.05) is 18.2 Å². The zero-order valence-corrected chi connectivity index (χ0v) is 16.2. The van der Waals surface area contributed by atoms with Crippen LogP contribution in [0.4, 0.5) is 10.1 Å². The van der Waals surface area contributed by atoms with E-state index in [2.05, 4.69) is 5.32 Å². The minimum atomic E-state index is -1.69. The van der Waals surface area contributed by atoms with Gasteiger partial charge < -0.3 is 15.2 Å². The fourth-order valence-corrected chi connectivity index (χ4v) is 3.46. The summed E-state index contributed by atoms with van der Waals surface area (Å²) in [7, 11) is 1.50. The van der Waals surface area contributed by atoms with Gasteiger partial charge >= 0.3 is 5.97 Å². The van der Waals surface area contributed by atoms with E-state index in [1.54, 1.807) is 30.3 Å². The number of carbonyl (C=O) groups is 2. The first-order valence-electron chi connectivity index (χ1n) is 9.02. The summed E-state index contributed by atoms with van der Waals surface area (Å²) in [6.07, 6.45) is -0.439. The van der Waals surface area contributed by atoms with Gasteiger partial charge in [-0.05, 0) is 35.4 Å². The average molecular weight is 425 g/mol. The number of aliphatic carboxylic acids is 1. The summed E-state index contributed by atoms with van der Waals surface area (Å²) in [5, 5.41) is 32.0. The molecule has 0 heterocycles. The number of hydrogen-bond acceptors (Lipinski definition) is 6. The molecule has 31 heavy (non-hydrogen) atoms. The highest BCUT2D eigenvalue weighted by Gasteiger charge is 2.47. The van der Waals surface area contributed by atoms with Crippen LogP contribution >= 0.6 is 0 Å². The van der Waals surface area contributed by atoms with Crippen LogP contribution in [0.15, 0.2) is 53.6 Å². The number of benzene rings is 2. The van der Waals surface area contributed by atoms with Crippen molar-refractivity contribution in [3.63, 3.8) is 0 Å². The molecular weight excluding hydrogens is 409 g/mol. The molecule has 2 unspecified atom stereocenters. The summed E-state index contributed by atoms with van der Waals surface area (Å²) >= 11 is 0. The fraction of sp³-hybridized carbons (Fsp3) is 0.190. The van der Waals surface area contributed by atoms with Gasteiger partial charge in [0.1, 0.15) is 17.1 Å². The molecule has 0 radical (unpaired) electrons. The first-order valence-corrected chi connectivity index (χ1v) is 9.02. The van der Waals surface area contributed by atoms with Crippen molar-refractivity contribution in [2.24, 2.45) is 5.92 Å². The van der Waals surface area contributed by atoms with Crippen LogP contribution in [0, 0.1) is 33.2 Å². The lowest BCUT2D eigenvalue weighted by Crippen LogP contribution is -2.25. The Morgan fingerprint density at radius 3 is 2.55 bits per heavy atom. The van der Waals surface area contributed by atoms with E-state index in [0.29, 0.717) is 16.9 Å². The number of nitrogens with zero attached hydrogens (tertiary/aromatic N) is 2. The Morgan fingerprint density at radius 2 is 1.97 bits per heavy atom. The van der Waals surface area contributed by atoms with E-state index in [1.165, 1.54) is 25.3 Å². The van der Waals surface area contributed by atoms with Crippen molar-refractivity contribution in [2.75, 3.05) is 12.4 Å². The van der Waals surface area contributed by atoms with Crippen molar-refractivity contribution < 1.29 is 28.7 Å². The molecule has 10 heteroatoms. The van der Waals surface area contributed by atoms with Crippen molar-refractivity contribution in [3.8, 4) is 22.9 Å². The van der Waals surface area contributed by atoms with Gasteiger partial charge in [0.25, 0.3) is 5.91 Å². The maximum absolute atomic E-state index is 14.7. The molecule has 1 aliphatic rings. The number of nitriles is 1. The van der Waals surface area contributed by atoms with Crippen molar-refractivity contribution in [1.82, 2.24) is 0 Å². The maximum atomic E-state index is 14.7. The summed E-state index contributed by atoms with van der Waals surface area (Å²) in [5.41, 5.74) is -0.379. The van der Waals surface area contributed by atoms with Gasteiger partial charge in [-0.3, -0.25) is 14.9 Å². The van der Waals surface area contributed by atoms with Gasteiger partial charge in [0.05, 0.1) is 30.4 Å². The van der Waals surface area contributed by atoms with Gasteiger partial charge in [-0.2, -0.15) is 5.26 Å². The van der Waals surface area contributed by atoms with E-state index in [-0.39, 0.29) is 5.69 Å². The Morgan fingerprint density at radius 1 is 1.26 bits per heavy atom. The molecule has 2 atom stereocenters. The van der Waals surface area contributed by atoms with E-state index < -0.39 is 52.1 Å². The third-order valence-electron chi connectivity index (χ3n) is 4.94. The highest BCUT2D eigenvalue weighted by molar-refractivity contribution is 6.10. The Labute approximate surface area is 175 Å². The molecule has 0 fully saturated rings. The molecule has 3 rings (SSSR count). The Hall–Kier alpha value is -4.26. The summed E-state index contributed by atoms with van der Waals surface area (Å²) < 4.78 is 19.8. The number of ether oxygens (including phenoxy) is 1. The molecule has 2 aromatic rings. The number of halogens is 1. The first kappa shape index (κ1) is 21.4. The summed E-state index contributed by atoms with van der Waals surface area (Å²) in [6.45, 7) is 0. The van der Waals surface area contributed by atoms with Gasteiger partial charge in [0, 0.05) is 11.3 Å². The minimum absolute atomic E-state index is 0.255. The van der Waals surface area contributed by atoms with Crippen LogP contribution < -0.4 is 10.1 Å². The van der Waals surface area contributed by atoms with E-state index in [1.807, 2.05) is 0 Å². The highest BCUT2D eigenvalue weighted by Crippen LogP contribution is 2.35. The van der Waals surface area contributed by atoms with Crippen LogP contribution in [-0.4, -0.2) is 35.1 Å². The zero-order chi connectivity index (χ0) is 22.7. The van der Waals surface area contributed by atoms with Crippen LogP contribution in [0.25, 0.3) is 11.1 Å². The number of carboxylic acids is 1. The van der Waals surface area contributed by atoms with Crippen LogP contribution in [-0.2, 0) is 9.59 Å². The van der Waals surface area contributed by atoms with E-state index >= 15 is 0 Å². The molecule has 0 bridgehead atoms. The molecule has 2 N–H and O–H groups in total. The van der Waals surface area contributed by atoms with E-state index in [4.69, 9.17) is 4.74 Å². The molecule has 0 spiro atoms. The summed E-state index contributed by atoms with van der Waals surface area (Å²) in [5.74, 6) is -4.25. The Kier molecular flexibility index (Phi) is 5.97. The van der Waals surface area contributed by atoms with Gasteiger partial charge in [-0.25, -0.2) is 9.18 Å². The van der Waals surface area contributed by atoms with Gasteiger partial charge in [0.15, 0.2) is 0 Å².